The molecule has 1 saturated heterocycles. The van der Waals surface area contributed by atoms with Crippen molar-refractivity contribution in [2.24, 2.45) is 5.73 Å². The lowest BCUT2D eigenvalue weighted by Crippen LogP contribution is -2.28. The number of hydrogen-bond donors (Lipinski definition) is 2. The minimum absolute atomic E-state index is 0.137. The van der Waals surface area contributed by atoms with Crippen molar-refractivity contribution in [3.05, 3.63) is 77.6 Å². The number of rotatable bonds is 6. The average molecular weight is 435 g/mol. The Balaban J connectivity index is 1.44. The number of nitrogens with zero attached hydrogens (tertiary/aromatic N) is 3. The Hall–Kier alpha value is -3.92. The van der Waals surface area contributed by atoms with Crippen LogP contribution in [0, 0.1) is 0 Å². The van der Waals surface area contributed by atoms with Crippen molar-refractivity contribution in [2.45, 2.75) is 6.54 Å². The lowest BCUT2D eigenvalue weighted by molar-refractivity contribution is -0.125. The fourth-order valence-corrected chi connectivity index (χ4v) is 3.75. The van der Waals surface area contributed by atoms with Gasteiger partial charge in [0, 0.05) is 17.4 Å². The van der Waals surface area contributed by atoms with Gasteiger partial charge in [0.1, 0.15) is 5.69 Å². The van der Waals surface area contributed by atoms with Gasteiger partial charge in [-0.3, -0.25) is 24.1 Å². The molecule has 4 rings (SSSR count). The molecule has 156 valence electrons. The van der Waals surface area contributed by atoms with Crippen LogP contribution in [-0.2, 0) is 11.3 Å². The van der Waals surface area contributed by atoms with Crippen LogP contribution < -0.4 is 11.1 Å². The van der Waals surface area contributed by atoms with E-state index < -0.39 is 5.91 Å². The molecule has 4 amide bonds. The van der Waals surface area contributed by atoms with Gasteiger partial charge in [-0.2, -0.15) is 5.10 Å². The second-order valence-electron chi connectivity index (χ2n) is 6.75. The van der Waals surface area contributed by atoms with Crippen molar-refractivity contribution in [3.8, 4) is 5.69 Å². The Morgan fingerprint density at radius 3 is 2.52 bits per heavy atom. The molecule has 1 aliphatic heterocycles. The van der Waals surface area contributed by atoms with E-state index in [1.165, 1.54) is 15.6 Å². The normalized spacial score (nSPS) is 13.5. The molecular weight excluding hydrogens is 418 g/mol. The van der Waals surface area contributed by atoms with E-state index in [2.05, 4.69) is 10.4 Å². The summed E-state index contributed by atoms with van der Waals surface area (Å²) in [5.74, 6) is -1.01. The van der Waals surface area contributed by atoms with Gasteiger partial charge in [-0.25, -0.2) is 4.68 Å². The van der Waals surface area contributed by atoms with Gasteiger partial charge in [0.15, 0.2) is 0 Å². The molecule has 0 radical (unpaired) electrons. The Kier molecular flexibility index (Phi) is 5.54. The number of thioether (sulfide) groups is 1. The number of nitrogens with two attached hydrogens (primary N) is 1. The highest BCUT2D eigenvalue weighted by molar-refractivity contribution is 8.14. The summed E-state index contributed by atoms with van der Waals surface area (Å²) in [6, 6.07) is 15.2. The molecule has 31 heavy (non-hydrogen) atoms. The van der Waals surface area contributed by atoms with Crippen molar-refractivity contribution in [2.75, 3.05) is 11.1 Å². The first-order valence-corrected chi connectivity index (χ1v) is 10.2. The summed E-state index contributed by atoms with van der Waals surface area (Å²) in [5.41, 5.74) is 7.74. The zero-order chi connectivity index (χ0) is 22.0. The number of imide groups is 1. The number of carbonyl (C=O) groups is 4. The summed E-state index contributed by atoms with van der Waals surface area (Å²) in [5, 5.41) is 6.61. The summed E-state index contributed by atoms with van der Waals surface area (Å²) < 4.78 is 1.51. The van der Waals surface area contributed by atoms with Crippen LogP contribution in [0.2, 0.25) is 0 Å². The molecule has 1 fully saturated rings. The third-order valence-corrected chi connectivity index (χ3v) is 5.46. The number of nitrogens with one attached hydrogen (secondary N) is 1. The van der Waals surface area contributed by atoms with Crippen LogP contribution in [0.5, 0.6) is 0 Å². The van der Waals surface area contributed by atoms with Gasteiger partial charge in [-0.15, -0.1) is 0 Å². The van der Waals surface area contributed by atoms with E-state index in [1.807, 2.05) is 0 Å². The van der Waals surface area contributed by atoms with E-state index >= 15 is 0 Å². The average Bonchev–Trinajstić information content (AvgIpc) is 3.38. The molecule has 0 saturated carbocycles. The van der Waals surface area contributed by atoms with Crippen molar-refractivity contribution in [3.63, 3.8) is 0 Å². The SMILES string of the molecule is NC(=O)c1ccn(-c2ccc(NC(=O)c3cccc(CN4C(=O)CSC4=O)c3)cc2)n1. The van der Waals surface area contributed by atoms with Gasteiger partial charge in [-0.1, -0.05) is 23.9 Å². The van der Waals surface area contributed by atoms with Crippen LogP contribution in [0.4, 0.5) is 10.5 Å². The minimum Gasteiger partial charge on any atom is -0.364 e. The summed E-state index contributed by atoms with van der Waals surface area (Å²) in [6.45, 7) is 0.137. The highest BCUT2D eigenvalue weighted by atomic mass is 32.2. The maximum absolute atomic E-state index is 12.6. The predicted octanol–water partition coefficient (Wildman–Crippen LogP) is 2.42. The van der Waals surface area contributed by atoms with Crippen LogP contribution in [0.3, 0.4) is 0 Å². The molecule has 10 heteroatoms. The quantitative estimate of drug-likeness (QED) is 0.612. The highest BCUT2D eigenvalue weighted by Crippen LogP contribution is 2.22. The summed E-state index contributed by atoms with van der Waals surface area (Å²) in [4.78, 5) is 48.5. The second-order valence-corrected chi connectivity index (χ2v) is 7.67. The Morgan fingerprint density at radius 1 is 1.10 bits per heavy atom. The van der Waals surface area contributed by atoms with Gasteiger partial charge in [0.2, 0.25) is 5.91 Å². The van der Waals surface area contributed by atoms with Gasteiger partial charge >= 0.3 is 0 Å². The fraction of sp³-hybridized carbons (Fsp3) is 0.0952. The van der Waals surface area contributed by atoms with Crippen LogP contribution in [-0.4, -0.2) is 43.4 Å². The van der Waals surface area contributed by atoms with E-state index in [-0.39, 0.29) is 35.0 Å². The van der Waals surface area contributed by atoms with Crippen LogP contribution >= 0.6 is 11.8 Å². The molecule has 1 aliphatic rings. The molecule has 9 nitrogen and oxygen atoms in total. The number of amides is 4. The third kappa shape index (κ3) is 4.48. The van der Waals surface area contributed by atoms with E-state index in [9.17, 15) is 19.2 Å². The smallest absolute Gasteiger partial charge is 0.289 e. The van der Waals surface area contributed by atoms with Crippen molar-refractivity contribution >= 4 is 40.4 Å². The lowest BCUT2D eigenvalue weighted by Gasteiger charge is -2.13. The van der Waals surface area contributed by atoms with Gasteiger partial charge < -0.3 is 11.1 Å². The number of benzene rings is 2. The van der Waals surface area contributed by atoms with E-state index in [1.54, 1.807) is 54.7 Å². The molecule has 2 aromatic carbocycles. The fourth-order valence-electron chi connectivity index (χ4n) is 3.03. The van der Waals surface area contributed by atoms with Crippen molar-refractivity contribution < 1.29 is 19.2 Å². The maximum atomic E-state index is 12.6. The van der Waals surface area contributed by atoms with Crippen LogP contribution in [0.1, 0.15) is 26.4 Å². The molecule has 0 spiro atoms. The maximum Gasteiger partial charge on any atom is 0.289 e. The number of carbonyl (C=O) groups excluding carboxylic acids is 4. The topological polar surface area (TPSA) is 127 Å². The van der Waals surface area contributed by atoms with Crippen LogP contribution in [0.15, 0.2) is 60.8 Å². The first kappa shape index (κ1) is 20.4. The van der Waals surface area contributed by atoms with Gasteiger partial charge in [-0.05, 0) is 48.0 Å². The van der Waals surface area contributed by atoms with Crippen molar-refractivity contribution in [1.29, 1.82) is 0 Å². The number of anilines is 1. The molecular formula is C21H17N5O4S. The minimum atomic E-state index is -0.609. The molecule has 0 atom stereocenters. The Morgan fingerprint density at radius 2 is 1.87 bits per heavy atom. The second kappa shape index (κ2) is 8.44. The molecule has 0 bridgehead atoms. The van der Waals surface area contributed by atoms with E-state index in [0.29, 0.717) is 22.5 Å². The Bertz CT molecular complexity index is 1170. The molecule has 3 aromatic rings. The molecule has 2 heterocycles. The number of aromatic nitrogens is 2. The standard InChI is InChI=1S/C21H17N5O4S/c22-19(28)17-8-9-26(24-17)16-6-4-15(5-7-16)23-20(29)14-3-1-2-13(10-14)11-25-18(27)12-31-21(25)30/h1-10H,11-12H2,(H2,22,28)(H,23,29). The van der Waals surface area contributed by atoms with Crippen LogP contribution in [0.25, 0.3) is 5.69 Å². The zero-order valence-electron chi connectivity index (χ0n) is 16.1. The third-order valence-electron chi connectivity index (χ3n) is 4.60. The molecule has 1 aromatic heterocycles. The molecule has 3 N–H and O–H groups in total. The predicted molar refractivity (Wildman–Crippen MR) is 115 cm³/mol. The summed E-state index contributed by atoms with van der Waals surface area (Å²) in [6.07, 6.45) is 1.62. The first-order chi connectivity index (χ1) is 14.9. The lowest BCUT2D eigenvalue weighted by atomic mass is 10.1. The zero-order valence-corrected chi connectivity index (χ0v) is 17.0. The highest BCUT2D eigenvalue weighted by Gasteiger charge is 2.29. The number of primary amides is 1. The van der Waals surface area contributed by atoms with Gasteiger partial charge in [0.05, 0.1) is 18.0 Å². The monoisotopic (exact) mass is 435 g/mol. The number of hydrogen-bond acceptors (Lipinski definition) is 6. The largest absolute Gasteiger partial charge is 0.364 e. The van der Waals surface area contributed by atoms with E-state index in [4.69, 9.17) is 5.73 Å². The molecule has 0 unspecified atom stereocenters. The van der Waals surface area contributed by atoms with Gasteiger partial charge in [0.25, 0.3) is 17.1 Å². The summed E-state index contributed by atoms with van der Waals surface area (Å²) >= 11 is 0.976. The van der Waals surface area contributed by atoms with Crippen molar-refractivity contribution in [1.82, 2.24) is 14.7 Å². The first-order valence-electron chi connectivity index (χ1n) is 9.24. The molecule has 0 aliphatic carbocycles. The Labute approximate surface area is 181 Å². The van der Waals surface area contributed by atoms with E-state index in [0.717, 1.165) is 11.8 Å². The summed E-state index contributed by atoms with van der Waals surface area (Å²) in [7, 11) is 0.